The van der Waals surface area contributed by atoms with E-state index in [0.29, 0.717) is 0 Å². The van der Waals surface area contributed by atoms with Gasteiger partial charge in [0.1, 0.15) is 5.65 Å². The number of rotatable bonds is 1. The fourth-order valence-electron chi connectivity index (χ4n) is 1.30. The van der Waals surface area contributed by atoms with Crippen molar-refractivity contribution in [3.8, 4) is 0 Å². The summed E-state index contributed by atoms with van der Waals surface area (Å²) in [6, 6.07) is 1.84. The summed E-state index contributed by atoms with van der Waals surface area (Å²) in [7, 11) is 1.83. The molecule has 4 nitrogen and oxygen atoms in total. The molecule has 1 N–H and O–H groups in total. The highest BCUT2D eigenvalue weighted by atomic mass is 35.5. The monoisotopic (exact) mass is 197 g/mol. The van der Waals surface area contributed by atoms with Crippen molar-refractivity contribution >= 4 is 22.6 Å². The largest absolute Gasteiger partial charge is 0.390 e. The first-order valence-corrected chi connectivity index (χ1v) is 4.18. The highest BCUT2D eigenvalue weighted by Gasteiger charge is 2.06. The third kappa shape index (κ3) is 1.28. The molecule has 0 amide bonds. The van der Waals surface area contributed by atoms with Gasteiger partial charge in [-0.15, -0.1) is 0 Å². The van der Waals surface area contributed by atoms with Gasteiger partial charge in [0.05, 0.1) is 6.61 Å². The fourth-order valence-corrected chi connectivity index (χ4v) is 1.42. The smallest absolute Gasteiger partial charge is 0.224 e. The Labute approximate surface area is 79.8 Å². The number of aryl methyl sites for hydroxylation is 1. The maximum atomic E-state index is 8.99. The second kappa shape index (κ2) is 2.97. The summed E-state index contributed by atoms with van der Waals surface area (Å²) in [6.45, 7) is -0.00945. The Morgan fingerprint density at radius 3 is 3.08 bits per heavy atom. The second-order valence-electron chi connectivity index (χ2n) is 2.77. The summed E-state index contributed by atoms with van der Waals surface area (Å²) >= 11 is 5.65. The number of hydrogen-bond donors (Lipinski definition) is 1. The number of hydrogen-bond acceptors (Lipinski definition) is 3. The van der Waals surface area contributed by atoms with Crippen molar-refractivity contribution in [2.24, 2.45) is 7.05 Å². The van der Waals surface area contributed by atoms with Crippen molar-refractivity contribution in [2.75, 3.05) is 0 Å². The van der Waals surface area contributed by atoms with Gasteiger partial charge in [-0.05, 0) is 17.7 Å². The highest BCUT2D eigenvalue weighted by molar-refractivity contribution is 6.28. The van der Waals surface area contributed by atoms with Crippen molar-refractivity contribution in [1.82, 2.24) is 14.5 Å². The summed E-state index contributed by atoms with van der Waals surface area (Å²) in [6.07, 6.45) is 1.64. The Morgan fingerprint density at radius 2 is 2.38 bits per heavy atom. The molecule has 0 radical (unpaired) electrons. The van der Waals surface area contributed by atoms with Crippen LogP contribution < -0.4 is 0 Å². The molecule has 0 saturated heterocycles. The van der Waals surface area contributed by atoms with Gasteiger partial charge in [-0.2, -0.15) is 4.98 Å². The van der Waals surface area contributed by atoms with E-state index >= 15 is 0 Å². The van der Waals surface area contributed by atoms with E-state index in [2.05, 4.69) is 9.97 Å². The maximum Gasteiger partial charge on any atom is 0.224 e. The van der Waals surface area contributed by atoms with Crippen LogP contribution in [0.4, 0.5) is 0 Å². The molecule has 0 spiro atoms. The minimum Gasteiger partial charge on any atom is -0.390 e. The third-order valence-corrected chi connectivity index (χ3v) is 2.18. The molecule has 0 aliphatic heterocycles. The average molecular weight is 198 g/mol. The molecule has 2 aromatic heterocycles. The van der Waals surface area contributed by atoms with E-state index in [4.69, 9.17) is 16.7 Å². The number of aliphatic hydroxyl groups is 1. The van der Waals surface area contributed by atoms with Gasteiger partial charge in [0, 0.05) is 24.3 Å². The van der Waals surface area contributed by atoms with Crippen molar-refractivity contribution < 1.29 is 5.11 Å². The van der Waals surface area contributed by atoms with Crippen molar-refractivity contribution in [2.45, 2.75) is 6.61 Å². The lowest BCUT2D eigenvalue weighted by Gasteiger charge is -1.98. The first kappa shape index (κ1) is 8.47. The van der Waals surface area contributed by atoms with Crippen LogP contribution in [0.25, 0.3) is 11.0 Å². The maximum absolute atomic E-state index is 8.99. The first-order valence-electron chi connectivity index (χ1n) is 3.80. The van der Waals surface area contributed by atoms with Gasteiger partial charge in [-0.25, -0.2) is 4.98 Å². The van der Waals surface area contributed by atoms with Crippen molar-refractivity contribution in [1.29, 1.82) is 0 Å². The Balaban J connectivity index is 2.77. The van der Waals surface area contributed by atoms with Gasteiger partial charge < -0.3 is 9.67 Å². The van der Waals surface area contributed by atoms with Crippen molar-refractivity contribution in [3.05, 3.63) is 23.2 Å². The number of nitrogens with zero attached hydrogens (tertiary/aromatic N) is 3. The molecular formula is C8H8ClN3O. The first-order chi connectivity index (χ1) is 6.22. The lowest BCUT2D eigenvalue weighted by molar-refractivity contribution is 0.273. The van der Waals surface area contributed by atoms with Crippen LogP contribution in [-0.4, -0.2) is 19.6 Å². The Bertz CT molecular complexity index is 452. The quantitative estimate of drug-likeness (QED) is 0.697. The summed E-state index contributed by atoms with van der Waals surface area (Å²) < 4.78 is 1.79. The Kier molecular flexibility index (Phi) is 1.94. The number of aliphatic hydroxyl groups excluding tert-OH is 1. The van der Waals surface area contributed by atoms with Crippen LogP contribution in [0.15, 0.2) is 12.3 Å². The normalized spacial score (nSPS) is 11.0. The molecule has 68 valence electrons. The van der Waals surface area contributed by atoms with Crippen LogP contribution in [0.3, 0.4) is 0 Å². The van der Waals surface area contributed by atoms with Crippen LogP contribution in [-0.2, 0) is 13.7 Å². The molecule has 0 aliphatic carbocycles. The zero-order valence-corrected chi connectivity index (χ0v) is 7.78. The zero-order valence-electron chi connectivity index (χ0n) is 7.03. The minimum atomic E-state index is -0.00945. The predicted octanol–water partition coefficient (Wildman–Crippen LogP) is 1.11. The van der Waals surface area contributed by atoms with E-state index in [1.807, 2.05) is 13.1 Å². The van der Waals surface area contributed by atoms with Gasteiger partial charge in [0.15, 0.2) is 0 Å². The molecule has 0 saturated carbocycles. The van der Waals surface area contributed by atoms with E-state index < -0.39 is 0 Å². The molecule has 0 fully saturated rings. The SMILES string of the molecule is Cn1c(CO)cc2cnc(Cl)nc21. The fraction of sp³-hybridized carbons (Fsp3) is 0.250. The molecule has 0 bridgehead atoms. The van der Waals surface area contributed by atoms with E-state index in [0.717, 1.165) is 16.7 Å². The molecular weight excluding hydrogens is 190 g/mol. The number of aromatic nitrogens is 3. The van der Waals surface area contributed by atoms with Gasteiger partial charge in [-0.1, -0.05) is 0 Å². The standard InChI is InChI=1S/C8H8ClN3O/c1-12-6(4-13)2-5-3-10-8(9)11-7(5)12/h2-3,13H,4H2,1H3. The highest BCUT2D eigenvalue weighted by Crippen LogP contribution is 2.17. The predicted molar refractivity (Wildman–Crippen MR) is 49.4 cm³/mol. The molecule has 0 atom stereocenters. The van der Waals surface area contributed by atoms with Crippen LogP contribution in [0, 0.1) is 0 Å². The van der Waals surface area contributed by atoms with Gasteiger partial charge in [0.2, 0.25) is 5.28 Å². The number of fused-ring (bicyclic) bond motifs is 1. The minimum absolute atomic E-state index is 0.00945. The molecule has 5 heteroatoms. The summed E-state index contributed by atoms with van der Waals surface area (Å²) in [5.74, 6) is 0. The molecule has 2 aromatic rings. The summed E-state index contributed by atoms with van der Waals surface area (Å²) in [5.41, 5.74) is 1.54. The molecule has 2 rings (SSSR count). The number of halogens is 1. The van der Waals surface area contributed by atoms with Gasteiger partial charge in [0.25, 0.3) is 0 Å². The van der Waals surface area contributed by atoms with Crippen LogP contribution in [0.1, 0.15) is 5.69 Å². The molecule has 2 heterocycles. The van der Waals surface area contributed by atoms with Crippen LogP contribution in [0.5, 0.6) is 0 Å². The topological polar surface area (TPSA) is 50.9 Å². The lowest BCUT2D eigenvalue weighted by atomic mass is 10.4. The molecule has 0 aliphatic rings. The van der Waals surface area contributed by atoms with E-state index in [1.165, 1.54) is 0 Å². The zero-order chi connectivity index (χ0) is 9.42. The van der Waals surface area contributed by atoms with Crippen LogP contribution in [0.2, 0.25) is 5.28 Å². The van der Waals surface area contributed by atoms with Crippen molar-refractivity contribution in [3.63, 3.8) is 0 Å². The average Bonchev–Trinajstić information content (AvgIpc) is 2.44. The Hall–Kier alpha value is -1.13. The van der Waals surface area contributed by atoms with Gasteiger partial charge in [-0.3, -0.25) is 0 Å². The molecule has 0 aromatic carbocycles. The third-order valence-electron chi connectivity index (χ3n) is 2.00. The van der Waals surface area contributed by atoms with Crippen LogP contribution >= 0.6 is 11.6 Å². The van der Waals surface area contributed by atoms with Gasteiger partial charge >= 0.3 is 0 Å². The molecule has 13 heavy (non-hydrogen) atoms. The second-order valence-corrected chi connectivity index (χ2v) is 3.11. The summed E-state index contributed by atoms with van der Waals surface area (Å²) in [4.78, 5) is 7.91. The van der Waals surface area contributed by atoms with E-state index in [-0.39, 0.29) is 11.9 Å². The Morgan fingerprint density at radius 1 is 1.62 bits per heavy atom. The molecule has 0 unspecified atom stereocenters. The van der Waals surface area contributed by atoms with E-state index in [1.54, 1.807) is 10.8 Å². The lowest BCUT2D eigenvalue weighted by Crippen LogP contribution is -1.96. The van der Waals surface area contributed by atoms with E-state index in [9.17, 15) is 0 Å². The summed E-state index contributed by atoms with van der Waals surface area (Å²) in [5, 5.41) is 10.1.